The molecule has 0 amide bonds. The van der Waals surface area contributed by atoms with Crippen LogP contribution in [0.2, 0.25) is 0 Å². The fourth-order valence-electron chi connectivity index (χ4n) is 1.73. The maximum Gasteiger partial charge on any atom is 0.241 e. The molecule has 2 rings (SSSR count). The molecule has 0 fully saturated rings. The first-order valence-corrected chi connectivity index (χ1v) is 9.07. The molecule has 0 saturated heterocycles. The van der Waals surface area contributed by atoms with E-state index in [9.17, 15) is 8.42 Å². The molecule has 0 saturated carbocycles. The number of hydrogen-bond acceptors (Lipinski definition) is 6. The topological polar surface area (TPSA) is 84.2 Å². The highest BCUT2D eigenvalue weighted by molar-refractivity contribution is 7.89. The van der Waals surface area contributed by atoms with E-state index in [0.717, 1.165) is 23.5 Å². The highest BCUT2D eigenvalue weighted by atomic mass is 32.2. The molecule has 116 valence electrons. The van der Waals surface area contributed by atoms with Gasteiger partial charge in [-0.3, -0.25) is 0 Å². The second-order valence-electron chi connectivity index (χ2n) is 4.68. The lowest BCUT2D eigenvalue weighted by molar-refractivity contribution is 0.377. The van der Waals surface area contributed by atoms with E-state index in [-0.39, 0.29) is 11.4 Å². The van der Waals surface area contributed by atoms with E-state index in [1.54, 1.807) is 24.4 Å². The second-order valence-corrected chi connectivity index (χ2v) is 7.45. The summed E-state index contributed by atoms with van der Waals surface area (Å²) in [6.07, 6.45) is 1.05. The molecular weight excluding hydrogens is 310 g/mol. The predicted octanol–water partition coefficient (Wildman–Crippen LogP) is 2.02. The van der Waals surface area contributed by atoms with Crippen molar-refractivity contribution in [2.75, 3.05) is 6.54 Å². The van der Waals surface area contributed by atoms with Crippen LogP contribution < -0.4 is 10.0 Å². The third kappa shape index (κ3) is 4.63. The van der Waals surface area contributed by atoms with Crippen molar-refractivity contribution >= 4 is 21.4 Å². The van der Waals surface area contributed by atoms with E-state index in [2.05, 4.69) is 22.1 Å². The minimum absolute atomic E-state index is 0.0996. The molecule has 2 aromatic heterocycles. The minimum Gasteiger partial charge on any atom is -0.360 e. The third-order valence-electron chi connectivity index (χ3n) is 2.78. The SMILES string of the molecule is CCCNCc1cc(S(=O)(=O)NCc2cc(C)no2)cs1. The molecule has 0 bridgehead atoms. The van der Waals surface area contributed by atoms with Gasteiger partial charge in [-0.1, -0.05) is 12.1 Å². The number of nitrogens with one attached hydrogen (secondary N) is 2. The van der Waals surface area contributed by atoms with Crippen molar-refractivity contribution in [3.05, 3.63) is 33.8 Å². The van der Waals surface area contributed by atoms with Crippen molar-refractivity contribution in [2.45, 2.75) is 38.3 Å². The average Bonchev–Trinajstić information content (AvgIpc) is 3.06. The van der Waals surface area contributed by atoms with Crippen LogP contribution in [-0.4, -0.2) is 20.1 Å². The highest BCUT2D eigenvalue weighted by Crippen LogP contribution is 2.19. The lowest BCUT2D eigenvalue weighted by atomic mass is 10.4. The molecule has 8 heteroatoms. The van der Waals surface area contributed by atoms with Crippen LogP contribution in [0, 0.1) is 6.92 Å². The molecule has 0 aliphatic heterocycles. The smallest absolute Gasteiger partial charge is 0.241 e. The van der Waals surface area contributed by atoms with Crippen molar-refractivity contribution in [3.8, 4) is 0 Å². The van der Waals surface area contributed by atoms with Gasteiger partial charge in [0.25, 0.3) is 0 Å². The number of thiophene rings is 1. The zero-order chi connectivity index (χ0) is 15.3. The molecule has 2 aromatic rings. The van der Waals surface area contributed by atoms with Crippen LogP contribution in [0.5, 0.6) is 0 Å². The summed E-state index contributed by atoms with van der Waals surface area (Å²) in [6.45, 7) is 5.59. The van der Waals surface area contributed by atoms with Crippen LogP contribution in [0.3, 0.4) is 0 Å². The van der Waals surface area contributed by atoms with E-state index >= 15 is 0 Å². The molecular formula is C13H19N3O3S2. The predicted molar refractivity (Wildman–Crippen MR) is 81.6 cm³/mol. The minimum atomic E-state index is -3.51. The van der Waals surface area contributed by atoms with Crippen LogP contribution in [0.4, 0.5) is 0 Å². The zero-order valence-electron chi connectivity index (χ0n) is 12.0. The van der Waals surface area contributed by atoms with Crippen molar-refractivity contribution in [1.29, 1.82) is 0 Å². The van der Waals surface area contributed by atoms with Crippen molar-refractivity contribution in [1.82, 2.24) is 15.2 Å². The molecule has 0 atom stereocenters. The second kappa shape index (κ2) is 7.17. The Labute approximate surface area is 128 Å². The number of aromatic nitrogens is 1. The van der Waals surface area contributed by atoms with E-state index in [1.165, 1.54) is 11.3 Å². The van der Waals surface area contributed by atoms with E-state index in [4.69, 9.17) is 4.52 Å². The Morgan fingerprint density at radius 2 is 2.14 bits per heavy atom. The summed E-state index contributed by atoms with van der Waals surface area (Å²) in [7, 11) is -3.51. The first kappa shape index (κ1) is 16.2. The van der Waals surface area contributed by atoms with E-state index < -0.39 is 10.0 Å². The summed E-state index contributed by atoms with van der Waals surface area (Å²) in [5.41, 5.74) is 0.726. The Balaban J connectivity index is 1.95. The lowest BCUT2D eigenvalue weighted by Crippen LogP contribution is -2.22. The number of aryl methyl sites for hydroxylation is 1. The normalized spacial score (nSPS) is 11.9. The van der Waals surface area contributed by atoms with Crippen LogP contribution in [0.1, 0.15) is 29.7 Å². The Hall–Kier alpha value is -1.22. The first-order valence-electron chi connectivity index (χ1n) is 6.71. The Bertz CT molecular complexity index is 676. The van der Waals surface area contributed by atoms with E-state index in [0.29, 0.717) is 12.3 Å². The van der Waals surface area contributed by atoms with E-state index in [1.807, 2.05) is 0 Å². The van der Waals surface area contributed by atoms with Crippen LogP contribution in [-0.2, 0) is 23.1 Å². The third-order valence-corrected chi connectivity index (χ3v) is 5.25. The largest absolute Gasteiger partial charge is 0.360 e. The average molecular weight is 329 g/mol. The Morgan fingerprint density at radius 3 is 2.81 bits per heavy atom. The van der Waals surface area contributed by atoms with Gasteiger partial charge in [0, 0.05) is 22.9 Å². The van der Waals surface area contributed by atoms with Crippen molar-refractivity contribution in [3.63, 3.8) is 0 Å². The first-order chi connectivity index (χ1) is 10.0. The van der Waals surface area contributed by atoms with Crippen LogP contribution in [0.25, 0.3) is 0 Å². The maximum absolute atomic E-state index is 12.2. The van der Waals surface area contributed by atoms with Crippen LogP contribution in [0.15, 0.2) is 26.9 Å². The Kier molecular flexibility index (Phi) is 5.51. The molecule has 6 nitrogen and oxygen atoms in total. The fraction of sp³-hybridized carbons (Fsp3) is 0.462. The molecule has 0 aliphatic rings. The van der Waals surface area contributed by atoms with Gasteiger partial charge in [0.15, 0.2) is 5.76 Å². The summed E-state index contributed by atoms with van der Waals surface area (Å²) in [4.78, 5) is 1.29. The summed E-state index contributed by atoms with van der Waals surface area (Å²) < 4.78 is 31.8. The highest BCUT2D eigenvalue weighted by Gasteiger charge is 2.16. The summed E-state index contributed by atoms with van der Waals surface area (Å²) in [6, 6.07) is 3.40. The van der Waals surface area contributed by atoms with Gasteiger partial charge in [0.2, 0.25) is 10.0 Å². The van der Waals surface area contributed by atoms with Gasteiger partial charge < -0.3 is 9.84 Å². The summed E-state index contributed by atoms with van der Waals surface area (Å²) >= 11 is 1.44. The van der Waals surface area contributed by atoms with Gasteiger partial charge in [0.05, 0.1) is 17.1 Å². The molecule has 0 radical (unpaired) electrons. The van der Waals surface area contributed by atoms with Gasteiger partial charge in [-0.2, -0.15) is 0 Å². The number of nitrogens with zero attached hydrogens (tertiary/aromatic N) is 1. The maximum atomic E-state index is 12.2. The zero-order valence-corrected chi connectivity index (χ0v) is 13.7. The molecule has 2 heterocycles. The molecule has 2 N–H and O–H groups in total. The number of hydrogen-bond donors (Lipinski definition) is 2. The molecule has 21 heavy (non-hydrogen) atoms. The molecule has 0 aromatic carbocycles. The molecule has 0 unspecified atom stereocenters. The molecule has 0 aliphatic carbocycles. The number of sulfonamides is 1. The standard InChI is InChI=1S/C13H19N3O3S2/c1-3-4-14-8-12-6-13(9-20-12)21(17,18)15-7-11-5-10(2)16-19-11/h5-6,9,14-15H,3-4,7-8H2,1-2H3. The van der Waals surface area contributed by atoms with Crippen LogP contribution >= 0.6 is 11.3 Å². The van der Waals surface area contributed by atoms with Gasteiger partial charge in [0.1, 0.15) is 0 Å². The van der Waals surface area contributed by atoms with Gasteiger partial charge >= 0.3 is 0 Å². The lowest BCUT2D eigenvalue weighted by Gasteiger charge is -2.02. The Morgan fingerprint density at radius 1 is 1.33 bits per heavy atom. The fourth-order valence-corrected chi connectivity index (χ4v) is 3.97. The van der Waals surface area contributed by atoms with Gasteiger partial charge in [-0.05, 0) is 26.0 Å². The van der Waals surface area contributed by atoms with Gasteiger partial charge in [-0.15, -0.1) is 11.3 Å². The molecule has 0 spiro atoms. The number of rotatable bonds is 8. The summed E-state index contributed by atoms with van der Waals surface area (Å²) in [5.74, 6) is 0.496. The van der Waals surface area contributed by atoms with Crippen molar-refractivity contribution < 1.29 is 12.9 Å². The summed E-state index contributed by atoms with van der Waals surface area (Å²) in [5, 5.41) is 8.62. The van der Waals surface area contributed by atoms with Gasteiger partial charge in [-0.25, -0.2) is 13.1 Å². The monoisotopic (exact) mass is 329 g/mol. The van der Waals surface area contributed by atoms with Crippen molar-refractivity contribution in [2.24, 2.45) is 0 Å². The quantitative estimate of drug-likeness (QED) is 0.724.